The fraction of sp³-hybridized carbons (Fsp3) is 0.188. The highest BCUT2D eigenvalue weighted by atomic mass is 16.5. The Hall–Kier alpha value is -2.49. The maximum absolute atomic E-state index is 5.68. The number of hydrazone groups is 1. The summed E-state index contributed by atoms with van der Waals surface area (Å²) < 4.78 is 5.68. The summed E-state index contributed by atoms with van der Waals surface area (Å²) in [4.78, 5) is 0. The first-order chi connectivity index (χ1) is 9.81. The number of nitrogens with zero attached hydrogens (tertiary/aromatic N) is 2. The van der Waals surface area contributed by atoms with Crippen molar-refractivity contribution in [2.45, 2.75) is 0 Å². The molecule has 1 N–H and O–H groups in total. The fourth-order valence-corrected chi connectivity index (χ4v) is 1.79. The summed E-state index contributed by atoms with van der Waals surface area (Å²) in [5, 5.41) is 9.23. The highest BCUT2D eigenvalue weighted by molar-refractivity contribution is 5.63. The molecule has 20 heavy (non-hydrogen) atoms. The van der Waals surface area contributed by atoms with E-state index in [2.05, 4.69) is 10.4 Å². The first kappa shape index (κ1) is 13.9. The van der Waals surface area contributed by atoms with Crippen molar-refractivity contribution in [2.24, 2.45) is 5.10 Å². The van der Waals surface area contributed by atoms with Crippen molar-refractivity contribution in [3.8, 4) is 5.75 Å². The summed E-state index contributed by atoms with van der Waals surface area (Å²) in [6.07, 6.45) is 1.75. The van der Waals surface area contributed by atoms with E-state index in [1.807, 2.05) is 73.7 Å². The Morgan fingerprint density at radius 2 is 1.80 bits per heavy atom. The lowest BCUT2D eigenvalue weighted by Crippen LogP contribution is -2.10. The second-order valence-electron chi connectivity index (χ2n) is 4.21. The van der Waals surface area contributed by atoms with Crippen LogP contribution >= 0.6 is 0 Å². The molecular formula is C16H19N3O. The molecule has 0 unspecified atom stereocenters. The van der Waals surface area contributed by atoms with Gasteiger partial charge in [0.25, 0.3) is 0 Å². The molecule has 4 nitrogen and oxygen atoms in total. The van der Waals surface area contributed by atoms with Crippen molar-refractivity contribution < 1.29 is 4.74 Å². The molecule has 2 aromatic rings. The number of rotatable bonds is 6. The number of hydrogen-bond donors (Lipinski definition) is 1. The third kappa shape index (κ3) is 3.75. The molecule has 104 valence electrons. The van der Waals surface area contributed by atoms with E-state index in [-0.39, 0.29) is 0 Å². The van der Waals surface area contributed by atoms with Gasteiger partial charge in [-0.3, -0.25) is 5.01 Å². The maximum atomic E-state index is 5.68. The molecule has 2 aromatic carbocycles. The molecule has 0 aliphatic carbocycles. The molecule has 0 bridgehead atoms. The van der Waals surface area contributed by atoms with Crippen LogP contribution in [0.2, 0.25) is 0 Å². The molecule has 2 rings (SSSR count). The molecule has 0 aliphatic rings. The summed E-state index contributed by atoms with van der Waals surface area (Å²) in [5.74, 6) is 0.823. The Morgan fingerprint density at radius 1 is 1.10 bits per heavy atom. The lowest BCUT2D eigenvalue weighted by Gasteiger charge is -2.13. The summed E-state index contributed by atoms with van der Waals surface area (Å²) in [7, 11) is 3.78. The van der Waals surface area contributed by atoms with Crippen LogP contribution < -0.4 is 15.1 Å². The molecule has 0 radical (unpaired) electrons. The molecule has 0 heterocycles. The Labute approximate surface area is 119 Å². The minimum Gasteiger partial charge on any atom is -0.486 e. The largest absolute Gasteiger partial charge is 0.486 e. The molecule has 0 aliphatic heterocycles. The van der Waals surface area contributed by atoms with E-state index in [0.29, 0.717) is 6.61 Å². The predicted molar refractivity (Wildman–Crippen MR) is 84.8 cm³/mol. The lowest BCUT2D eigenvalue weighted by molar-refractivity contribution is 0.382. The van der Waals surface area contributed by atoms with Crippen molar-refractivity contribution in [3.63, 3.8) is 0 Å². The van der Waals surface area contributed by atoms with E-state index in [1.54, 1.807) is 6.21 Å². The SMILES string of the molecule is CNc1ccccc1OC/C=N/N(C)c1ccccc1. The van der Waals surface area contributed by atoms with Gasteiger partial charge in [0, 0.05) is 14.1 Å². The van der Waals surface area contributed by atoms with E-state index in [4.69, 9.17) is 4.74 Å². The van der Waals surface area contributed by atoms with Crippen molar-refractivity contribution in [2.75, 3.05) is 31.0 Å². The zero-order valence-electron chi connectivity index (χ0n) is 11.8. The molecule has 0 aromatic heterocycles. The average Bonchev–Trinajstić information content (AvgIpc) is 2.52. The van der Waals surface area contributed by atoms with Crippen LogP contribution in [0.5, 0.6) is 5.75 Å². The standard InChI is InChI=1S/C16H19N3O/c1-17-15-10-6-7-11-16(15)20-13-12-18-19(2)14-8-4-3-5-9-14/h3-12,17H,13H2,1-2H3/b18-12+. The van der Waals surface area contributed by atoms with Crippen LogP contribution in [0.4, 0.5) is 11.4 Å². The zero-order chi connectivity index (χ0) is 14.2. The predicted octanol–water partition coefficient (Wildman–Crippen LogP) is 3.23. The number of nitrogens with one attached hydrogen (secondary N) is 1. The van der Waals surface area contributed by atoms with E-state index in [1.165, 1.54) is 0 Å². The van der Waals surface area contributed by atoms with Crippen molar-refractivity contribution >= 4 is 17.6 Å². The third-order valence-electron chi connectivity index (χ3n) is 2.85. The van der Waals surface area contributed by atoms with Gasteiger partial charge >= 0.3 is 0 Å². The maximum Gasteiger partial charge on any atom is 0.142 e. The van der Waals surface area contributed by atoms with Gasteiger partial charge in [-0.15, -0.1) is 0 Å². The second kappa shape index (κ2) is 7.19. The topological polar surface area (TPSA) is 36.9 Å². The van der Waals surface area contributed by atoms with Crippen LogP contribution in [-0.4, -0.2) is 26.9 Å². The second-order valence-corrected chi connectivity index (χ2v) is 4.21. The monoisotopic (exact) mass is 269 g/mol. The fourth-order valence-electron chi connectivity index (χ4n) is 1.79. The van der Waals surface area contributed by atoms with Gasteiger partial charge in [0.2, 0.25) is 0 Å². The van der Waals surface area contributed by atoms with Gasteiger partial charge < -0.3 is 10.1 Å². The number of anilines is 2. The summed E-state index contributed by atoms with van der Waals surface area (Å²) in [5.41, 5.74) is 2.01. The number of benzene rings is 2. The molecule has 0 amide bonds. The molecular weight excluding hydrogens is 250 g/mol. The summed E-state index contributed by atoms with van der Waals surface area (Å²) in [6, 6.07) is 17.8. The van der Waals surface area contributed by atoms with Crippen molar-refractivity contribution in [1.82, 2.24) is 0 Å². The average molecular weight is 269 g/mol. The van der Waals surface area contributed by atoms with Gasteiger partial charge in [-0.25, -0.2) is 0 Å². The van der Waals surface area contributed by atoms with E-state index >= 15 is 0 Å². The third-order valence-corrected chi connectivity index (χ3v) is 2.85. The highest BCUT2D eigenvalue weighted by Crippen LogP contribution is 2.22. The summed E-state index contributed by atoms with van der Waals surface area (Å²) in [6.45, 7) is 0.426. The summed E-state index contributed by atoms with van der Waals surface area (Å²) >= 11 is 0. The first-order valence-electron chi connectivity index (χ1n) is 6.52. The van der Waals surface area contributed by atoms with E-state index in [0.717, 1.165) is 17.1 Å². The quantitative estimate of drug-likeness (QED) is 0.646. The van der Waals surface area contributed by atoms with Gasteiger partial charge in [-0.1, -0.05) is 30.3 Å². The van der Waals surface area contributed by atoms with Gasteiger partial charge in [-0.2, -0.15) is 5.10 Å². The Morgan fingerprint density at radius 3 is 2.55 bits per heavy atom. The Kier molecular flexibility index (Phi) is 5.00. The minimum absolute atomic E-state index is 0.426. The van der Waals surface area contributed by atoms with Crippen LogP contribution in [0.15, 0.2) is 59.7 Å². The van der Waals surface area contributed by atoms with Crippen molar-refractivity contribution in [3.05, 3.63) is 54.6 Å². The van der Waals surface area contributed by atoms with Gasteiger partial charge in [0.05, 0.1) is 17.6 Å². The molecule has 0 spiro atoms. The van der Waals surface area contributed by atoms with Gasteiger partial charge in [0.15, 0.2) is 0 Å². The van der Waals surface area contributed by atoms with E-state index < -0.39 is 0 Å². The number of para-hydroxylation sites is 3. The molecule has 0 atom stereocenters. The molecule has 0 saturated heterocycles. The molecule has 0 fully saturated rings. The van der Waals surface area contributed by atoms with Gasteiger partial charge in [-0.05, 0) is 24.3 Å². The van der Waals surface area contributed by atoms with Gasteiger partial charge in [0.1, 0.15) is 12.4 Å². The normalized spacial score (nSPS) is 10.5. The van der Waals surface area contributed by atoms with Crippen LogP contribution in [0.1, 0.15) is 0 Å². The van der Waals surface area contributed by atoms with Crippen molar-refractivity contribution in [1.29, 1.82) is 0 Å². The molecule has 0 saturated carbocycles. The lowest BCUT2D eigenvalue weighted by atomic mass is 10.3. The number of ether oxygens (including phenoxy) is 1. The van der Waals surface area contributed by atoms with Crippen LogP contribution in [0, 0.1) is 0 Å². The Balaban J connectivity index is 1.88. The van der Waals surface area contributed by atoms with E-state index in [9.17, 15) is 0 Å². The van der Waals surface area contributed by atoms with Crippen LogP contribution in [0.3, 0.4) is 0 Å². The highest BCUT2D eigenvalue weighted by Gasteiger charge is 1.99. The Bertz CT molecular complexity index is 555. The number of hydrogen-bond acceptors (Lipinski definition) is 4. The van der Waals surface area contributed by atoms with Crippen LogP contribution in [0.25, 0.3) is 0 Å². The smallest absolute Gasteiger partial charge is 0.142 e. The zero-order valence-corrected chi connectivity index (χ0v) is 11.8. The first-order valence-corrected chi connectivity index (χ1v) is 6.52. The van der Waals surface area contributed by atoms with Crippen LogP contribution in [-0.2, 0) is 0 Å². The molecule has 4 heteroatoms. The minimum atomic E-state index is 0.426.